The molecule has 1 rings (SSSR count). The molecule has 1 aliphatic carbocycles. The van der Waals surface area contributed by atoms with Crippen LogP contribution >= 0.6 is 10.7 Å². The zero-order valence-electron chi connectivity index (χ0n) is 10.9. The largest absolute Gasteiger partial charge is 0.378 e. The molecule has 0 heterocycles. The van der Waals surface area contributed by atoms with Gasteiger partial charge in [-0.3, -0.25) is 0 Å². The molecule has 5 heteroatoms. The minimum absolute atomic E-state index is 0.0480. The molecule has 0 aromatic carbocycles. The normalized spacial score (nSPS) is 21.9. The zero-order chi connectivity index (χ0) is 13.1. The Kier molecular flexibility index (Phi) is 5.29. The van der Waals surface area contributed by atoms with Gasteiger partial charge in [-0.1, -0.05) is 26.7 Å². The first-order valence-corrected chi connectivity index (χ1v) is 8.76. The van der Waals surface area contributed by atoms with E-state index < -0.39 is 9.05 Å². The van der Waals surface area contributed by atoms with Crippen LogP contribution in [0, 0.1) is 11.3 Å². The van der Waals surface area contributed by atoms with Gasteiger partial charge in [0.05, 0.1) is 18.5 Å². The van der Waals surface area contributed by atoms with Gasteiger partial charge >= 0.3 is 0 Å². The Morgan fingerprint density at radius 2 is 1.76 bits per heavy atom. The van der Waals surface area contributed by atoms with Crippen LogP contribution in [0.3, 0.4) is 0 Å². The van der Waals surface area contributed by atoms with Gasteiger partial charge < -0.3 is 4.74 Å². The standard InChI is InChI=1S/C12H23ClO3S/c1-10(2)11(3)16-8-12(6-4-5-7-12)9-17(13,14)15/h10-11H,4-9H2,1-3H3. The van der Waals surface area contributed by atoms with Crippen LogP contribution in [0.15, 0.2) is 0 Å². The lowest BCUT2D eigenvalue weighted by Crippen LogP contribution is -2.33. The summed E-state index contributed by atoms with van der Waals surface area (Å²) in [6.45, 7) is 6.75. The molecule has 1 saturated carbocycles. The fourth-order valence-electron chi connectivity index (χ4n) is 2.32. The fraction of sp³-hybridized carbons (Fsp3) is 1.00. The molecule has 0 radical (unpaired) electrons. The van der Waals surface area contributed by atoms with Crippen molar-refractivity contribution in [3.8, 4) is 0 Å². The van der Waals surface area contributed by atoms with Crippen molar-refractivity contribution in [1.82, 2.24) is 0 Å². The van der Waals surface area contributed by atoms with E-state index in [4.69, 9.17) is 15.4 Å². The Balaban J connectivity index is 2.60. The van der Waals surface area contributed by atoms with Crippen molar-refractivity contribution in [1.29, 1.82) is 0 Å². The van der Waals surface area contributed by atoms with Gasteiger partial charge in [0.15, 0.2) is 0 Å². The lowest BCUT2D eigenvalue weighted by atomic mass is 9.89. The molecule has 102 valence electrons. The minimum Gasteiger partial charge on any atom is -0.378 e. The predicted molar refractivity (Wildman–Crippen MR) is 70.8 cm³/mol. The second-order valence-corrected chi connectivity index (χ2v) is 8.43. The molecule has 0 N–H and O–H groups in total. The van der Waals surface area contributed by atoms with E-state index in [-0.39, 0.29) is 17.3 Å². The summed E-state index contributed by atoms with van der Waals surface area (Å²) in [5, 5.41) is 0. The smallest absolute Gasteiger partial charge is 0.233 e. The quantitative estimate of drug-likeness (QED) is 0.703. The van der Waals surface area contributed by atoms with E-state index in [0.29, 0.717) is 12.5 Å². The van der Waals surface area contributed by atoms with Crippen LogP contribution in [0.5, 0.6) is 0 Å². The van der Waals surface area contributed by atoms with Gasteiger partial charge in [0, 0.05) is 16.1 Å². The number of rotatable bonds is 6. The van der Waals surface area contributed by atoms with Crippen molar-refractivity contribution in [3.63, 3.8) is 0 Å². The molecule has 17 heavy (non-hydrogen) atoms. The van der Waals surface area contributed by atoms with Gasteiger partial charge in [0.1, 0.15) is 0 Å². The van der Waals surface area contributed by atoms with Gasteiger partial charge in [-0.15, -0.1) is 0 Å². The van der Waals surface area contributed by atoms with Gasteiger partial charge in [-0.25, -0.2) is 8.42 Å². The Morgan fingerprint density at radius 3 is 2.18 bits per heavy atom. The average molecular weight is 283 g/mol. The average Bonchev–Trinajstić information content (AvgIpc) is 2.60. The number of halogens is 1. The van der Waals surface area contributed by atoms with E-state index >= 15 is 0 Å². The fourth-order valence-corrected chi connectivity index (χ4v) is 4.12. The SMILES string of the molecule is CC(C)C(C)OCC1(CS(=O)(=O)Cl)CCCC1. The number of ether oxygens (including phenoxy) is 1. The summed E-state index contributed by atoms with van der Waals surface area (Å²) in [5.41, 5.74) is -0.246. The molecule has 0 amide bonds. The molecular formula is C12H23ClO3S. The maximum absolute atomic E-state index is 11.3. The molecular weight excluding hydrogens is 260 g/mol. The van der Waals surface area contributed by atoms with Crippen LogP contribution in [-0.4, -0.2) is 26.9 Å². The summed E-state index contributed by atoms with van der Waals surface area (Å²) in [6.07, 6.45) is 4.12. The summed E-state index contributed by atoms with van der Waals surface area (Å²) in [7, 11) is 1.96. The first-order valence-electron chi connectivity index (χ1n) is 6.28. The Bertz CT molecular complexity index is 332. The van der Waals surface area contributed by atoms with Crippen LogP contribution in [0.2, 0.25) is 0 Å². The molecule has 1 unspecified atom stereocenters. The van der Waals surface area contributed by atoms with Gasteiger partial charge in [-0.05, 0) is 25.7 Å². The molecule has 1 aliphatic rings. The van der Waals surface area contributed by atoms with Crippen LogP contribution in [-0.2, 0) is 13.8 Å². The van der Waals surface area contributed by atoms with Crippen molar-refractivity contribution in [3.05, 3.63) is 0 Å². The third-order valence-corrected chi connectivity index (χ3v) is 5.02. The lowest BCUT2D eigenvalue weighted by molar-refractivity contribution is -0.0124. The van der Waals surface area contributed by atoms with Crippen LogP contribution in [0.4, 0.5) is 0 Å². The maximum atomic E-state index is 11.3. The summed E-state index contributed by atoms with van der Waals surface area (Å²) in [6, 6.07) is 0. The highest BCUT2D eigenvalue weighted by atomic mass is 35.7. The van der Waals surface area contributed by atoms with Gasteiger partial charge in [0.25, 0.3) is 0 Å². The maximum Gasteiger partial charge on any atom is 0.233 e. The second kappa shape index (κ2) is 5.89. The van der Waals surface area contributed by atoms with E-state index in [0.717, 1.165) is 25.7 Å². The van der Waals surface area contributed by atoms with Crippen LogP contribution in [0.1, 0.15) is 46.5 Å². The summed E-state index contributed by atoms with van der Waals surface area (Å²) >= 11 is 0. The first kappa shape index (κ1) is 15.3. The van der Waals surface area contributed by atoms with Gasteiger partial charge in [0.2, 0.25) is 9.05 Å². The molecule has 3 nitrogen and oxygen atoms in total. The lowest BCUT2D eigenvalue weighted by Gasteiger charge is -2.29. The highest BCUT2D eigenvalue weighted by molar-refractivity contribution is 8.13. The third kappa shape index (κ3) is 5.14. The molecule has 0 aromatic heterocycles. The van der Waals surface area contributed by atoms with E-state index in [9.17, 15) is 8.42 Å². The highest BCUT2D eigenvalue weighted by Crippen LogP contribution is 2.40. The van der Waals surface area contributed by atoms with Crippen molar-refractivity contribution in [2.45, 2.75) is 52.6 Å². The summed E-state index contributed by atoms with van der Waals surface area (Å²) in [4.78, 5) is 0. The second-order valence-electron chi connectivity index (χ2n) is 5.65. The van der Waals surface area contributed by atoms with Crippen LogP contribution < -0.4 is 0 Å². The third-order valence-electron chi connectivity index (χ3n) is 3.73. The van der Waals surface area contributed by atoms with E-state index in [1.807, 2.05) is 6.92 Å². The molecule has 0 aromatic rings. The summed E-state index contributed by atoms with van der Waals surface area (Å²) < 4.78 is 28.4. The predicted octanol–water partition coefficient (Wildman–Crippen LogP) is 3.18. The first-order chi connectivity index (χ1) is 7.74. The zero-order valence-corrected chi connectivity index (χ0v) is 12.5. The van der Waals surface area contributed by atoms with Crippen LogP contribution in [0.25, 0.3) is 0 Å². The van der Waals surface area contributed by atoms with E-state index in [2.05, 4.69) is 13.8 Å². The topological polar surface area (TPSA) is 43.4 Å². The molecule has 0 aliphatic heterocycles. The van der Waals surface area contributed by atoms with E-state index in [1.165, 1.54) is 0 Å². The van der Waals surface area contributed by atoms with E-state index in [1.54, 1.807) is 0 Å². The van der Waals surface area contributed by atoms with Crippen molar-refractivity contribution < 1.29 is 13.2 Å². The molecule has 0 saturated heterocycles. The summed E-state index contributed by atoms with van der Waals surface area (Å²) in [5.74, 6) is 0.493. The van der Waals surface area contributed by atoms with Crippen molar-refractivity contribution >= 4 is 19.7 Å². The molecule has 1 fully saturated rings. The monoisotopic (exact) mass is 282 g/mol. The Hall–Kier alpha value is 0.200. The molecule has 0 bridgehead atoms. The molecule has 1 atom stereocenters. The van der Waals surface area contributed by atoms with Crippen molar-refractivity contribution in [2.75, 3.05) is 12.4 Å². The molecule has 0 spiro atoms. The highest BCUT2D eigenvalue weighted by Gasteiger charge is 2.38. The number of hydrogen-bond donors (Lipinski definition) is 0. The van der Waals surface area contributed by atoms with Gasteiger partial charge in [-0.2, -0.15) is 0 Å². The van der Waals surface area contributed by atoms with Crippen molar-refractivity contribution in [2.24, 2.45) is 11.3 Å². The Morgan fingerprint density at radius 1 is 1.24 bits per heavy atom. The minimum atomic E-state index is -3.44. The Labute approximate surface area is 109 Å². The number of hydrogen-bond acceptors (Lipinski definition) is 3.